The predicted molar refractivity (Wildman–Crippen MR) is 64.7 cm³/mol. The van der Waals surface area contributed by atoms with E-state index in [1.165, 1.54) is 11.1 Å². The Kier molecular flexibility index (Phi) is 5.74. The highest BCUT2D eigenvalue weighted by Crippen LogP contribution is 2.07. The highest BCUT2D eigenvalue weighted by atomic mass is 16.5. The Balaban J connectivity index is 2.53. The van der Waals surface area contributed by atoms with Crippen molar-refractivity contribution in [2.24, 2.45) is 0 Å². The molecule has 0 bridgehead atoms. The van der Waals surface area contributed by atoms with Crippen LogP contribution in [0, 0.1) is 0 Å². The molecule has 0 amide bonds. The van der Waals surface area contributed by atoms with E-state index in [0.717, 1.165) is 13.1 Å². The van der Waals surface area contributed by atoms with Crippen molar-refractivity contribution in [1.29, 1.82) is 0 Å². The molecule has 0 saturated carbocycles. The summed E-state index contributed by atoms with van der Waals surface area (Å²) >= 11 is 0. The molecule has 82 valence electrons. The van der Waals surface area contributed by atoms with Crippen molar-refractivity contribution in [2.75, 3.05) is 20.2 Å². The van der Waals surface area contributed by atoms with Crippen LogP contribution in [0.2, 0.25) is 0 Å². The Morgan fingerprint density at radius 3 is 3.00 bits per heavy atom. The standard InChI is InChI=1S/C13H19NO/c1-3-14-9-5-8-12-6-4-7-13(10-12)11-15-2/h4-8,10,14H,3,9,11H2,1-2H3. The van der Waals surface area contributed by atoms with E-state index in [2.05, 4.69) is 48.7 Å². The monoisotopic (exact) mass is 205 g/mol. The van der Waals surface area contributed by atoms with Crippen molar-refractivity contribution in [1.82, 2.24) is 5.32 Å². The first-order chi connectivity index (χ1) is 7.36. The van der Waals surface area contributed by atoms with Gasteiger partial charge in [-0.1, -0.05) is 37.3 Å². The lowest BCUT2D eigenvalue weighted by molar-refractivity contribution is 0.185. The van der Waals surface area contributed by atoms with E-state index in [9.17, 15) is 0 Å². The van der Waals surface area contributed by atoms with Crippen LogP contribution in [0.15, 0.2) is 30.3 Å². The molecule has 0 aliphatic heterocycles. The van der Waals surface area contributed by atoms with E-state index < -0.39 is 0 Å². The first-order valence-electron chi connectivity index (χ1n) is 5.32. The molecule has 1 N–H and O–H groups in total. The molecular formula is C13H19NO. The van der Waals surface area contributed by atoms with Gasteiger partial charge in [-0.25, -0.2) is 0 Å². The van der Waals surface area contributed by atoms with Gasteiger partial charge < -0.3 is 10.1 Å². The smallest absolute Gasteiger partial charge is 0.0713 e. The van der Waals surface area contributed by atoms with E-state index >= 15 is 0 Å². The molecule has 0 aromatic heterocycles. The number of methoxy groups -OCH3 is 1. The van der Waals surface area contributed by atoms with Gasteiger partial charge in [0.2, 0.25) is 0 Å². The molecule has 0 radical (unpaired) electrons. The summed E-state index contributed by atoms with van der Waals surface area (Å²) in [6.45, 7) is 4.71. The molecule has 2 heteroatoms. The zero-order valence-corrected chi connectivity index (χ0v) is 9.49. The normalized spacial score (nSPS) is 11.1. The molecule has 0 spiro atoms. The Labute approximate surface area is 92.0 Å². The molecule has 0 saturated heterocycles. The molecule has 0 fully saturated rings. The predicted octanol–water partition coefficient (Wildman–Crippen LogP) is 2.46. The zero-order chi connectivity index (χ0) is 10.9. The lowest BCUT2D eigenvalue weighted by atomic mass is 10.1. The molecular weight excluding hydrogens is 186 g/mol. The largest absolute Gasteiger partial charge is 0.380 e. The molecule has 1 aromatic carbocycles. The molecule has 1 rings (SSSR count). The summed E-state index contributed by atoms with van der Waals surface area (Å²) in [7, 11) is 1.72. The topological polar surface area (TPSA) is 21.3 Å². The van der Waals surface area contributed by atoms with Gasteiger partial charge in [0.05, 0.1) is 6.61 Å². The van der Waals surface area contributed by atoms with Crippen LogP contribution >= 0.6 is 0 Å². The maximum atomic E-state index is 5.09. The van der Waals surface area contributed by atoms with Crippen LogP contribution in [0.5, 0.6) is 0 Å². The first-order valence-corrected chi connectivity index (χ1v) is 5.32. The van der Waals surface area contributed by atoms with Crippen LogP contribution < -0.4 is 5.32 Å². The Morgan fingerprint density at radius 1 is 1.40 bits per heavy atom. The van der Waals surface area contributed by atoms with Gasteiger partial charge in [0.1, 0.15) is 0 Å². The van der Waals surface area contributed by atoms with Crippen LogP contribution in [-0.2, 0) is 11.3 Å². The third-order valence-electron chi connectivity index (χ3n) is 2.08. The fourth-order valence-electron chi connectivity index (χ4n) is 1.38. The van der Waals surface area contributed by atoms with Crippen molar-refractivity contribution in [2.45, 2.75) is 13.5 Å². The first kappa shape index (κ1) is 12.0. The number of hydrogen-bond donors (Lipinski definition) is 1. The second-order valence-corrected chi connectivity index (χ2v) is 3.39. The van der Waals surface area contributed by atoms with Crippen molar-refractivity contribution in [3.63, 3.8) is 0 Å². The minimum absolute atomic E-state index is 0.675. The van der Waals surface area contributed by atoms with Gasteiger partial charge >= 0.3 is 0 Å². The maximum Gasteiger partial charge on any atom is 0.0713 e. The summed E-state index contributed by atoms with van der Waals surface area (Å²) in [6.07, 6.45) is 4.26. The SMILES string of the molecule is CCNCC=Cc1cccc(COC)c1. The number of ether oxygens (including phenoxy) is 1. The van der Waals surface area contributed by atoms with Gasteiger partial charge in [0, 0.05) is 13.7 Å². The third kappa shape index (κ3) is 4.77. The second-order valence-electron chi connectivity index (χ2n) is 3.39. The Morgan fingerprint density at radius 2 is 2.27 bits per heavy atom. The molecule has 0 aliphatic carbocycles. The van der Waals surface area contributed by atoms with Crippen LogP contribution in [0.4, 0.5) is 0 Å². The van der Waals surface area contributed by atoms with Crippen molar-refractivity contribution in [3.8, 4) is 0 Å². The fraction of sp³-hybridized carbons (Fsp3) is 0.385. The molecule has 15 heavy (non-hydrogen) atoms. The fourth-order valence-corrected chi connectivity index (χ4v) is 1.38. The second kappa shape index (κ2) is 7.21. The minimum Gasteiger partial charge on any atom is -0.380 e. The van der Waals surface area contributed by atoms with Crippen molar-refractivity contribution < 1.29 is 4.74 Å². The lowest BCUT2D eigenvalue weighted by Crippen LogP contribution is -2.11. The van der Waals surface area contributed by atoms with Gasteiger partial charge in [-0.15, -0.1) is 0 Å². The molecule has 0 atom stereocenters. The number of nitrogens with one attached hydrogen (secondary N) is 1. The summed E-state index contributed by atoms with van der Waals surface area (Å²) in [5, 5.41) is 3.25. The number of hydrogen-bond acceptors (Lipinski definition) is 2. The van der Waals surface area contributed by atoms with Crippen molar-refractivity contribution in [3.05, 3.63) is 41.5 Å². The maximum absolute atomic E-state index is 5.09. The van der Waals surface area contributed by atoms with Crippen LogP contribution in [0.1, 0.15) is 18.1 Å². The van der Waals surface area contributed by atoms with E-state index in [1.807, 2.05) is 0 Å². The lowest BCUT2D eigenvalue weighted by Gasteiger charge is -2.00. The minimum atomic E-state index is 0.675. The highest BCUT2D eigenvalue weighted by molar-refractivity contribution is 5.50. The Hall–Kier alpha value is -1.12. The quantitative estimate of drug-likeness (QED) is 0.720. The Bertz CT molecular complexity index is 307. The molecule has 2 nitrogen and oxygen atoms in total. The summed E-state index contributed by atoms with van der Waals surface area (Å²) in [5.74, 6) is 0. The van der Waals surface area contributed by atoms with E-state index in [1.54, 1.807) is 7.11 Å². The van der Waals surface area contributed by atoms with Crippen molar-refractivity contribution >= 4 is 6.08 Å². The zero-order valence-electron chi connectivity index (χ0n) is 9.49. The van der Waals surface area contributed by atoms with Gasteiger partial charge in [-0.05, 0) is 23.7 Å². The number of likely N-dealkylation sites (N-methyl/N-ethyl adjacent to an activating group) is 1. The average molecular weight is 205 g/mol. The molecule has 1 aromatic rings. The summed E-state index contributed by atoms with van der Waals surface area (Å²) in [5.41, 5.74) is 2.44. The van der Waals surface area contributed by atoms with E-state index in [-0.39, 0.29) is 0 Å². The third-order valence-corrected chi connectivity index (χ3v) is 2.08. The number of rotatable bonds is 6. The summed E-state index contributed by atoms with van der Waals surface area (Å²) in [4.78, 5) is 0. The molecule has 0 aliphatic rings. The van der Waals surface area contributed by atoms with E-state index in [0.29, 0.717) is 6.61 Å². The average Bonchev–Trinajstić information content (AvgIpc) is 2.26. The van der Waals surface area contributed by atoms with E-state index in [4.69, 9.17) is 4.74 Å². The van der Waals surface area contributed by atoms with Crippen LogP contribution in [0.25, 0.3) is 6.08 Å². The molecule has 0 unspecified atom stereocenters. The number of benzene rings is 1. The van der Waals surface area contributed by atoms with Gasteiger partial charge in [0.15, 0.2) is 0 Å². The summed E-state index contributed by atoms with van der Waals surface area (Å²) in [6, 6.07) is 8.37. The molecule has 0 heterocycles. The highest BCUT2D eigenvalue weighted by Gasteiger charge is 1.91. The van der Waals surface area contributed by atoms with Crippen LogP contribution in [0.3, 0.4) is 0 Å². The van der Waals surface area contributed by atoms with Gasteiger partial charge in [0.25, 0.3) is 0 Å². The van der Waals surface area contributed by atoms with Crippen LogP contribution in [-0.4, -0.2) is 20.2 Å². The van der Waals surface area contributed by atoms with Gasteiger partial charge in [-0.2, -0.15) is 0 Å². The summed E-state index contributed by atoms with van der Waals surface area (Å²) < 4.78 is 5.09. The van der Waals surface area contributed by atoms with Gasteiger partial charge in [-0.3, -0.25) is 0 Å².